The van der Waals surface area contributed by atoms with Gasteiger partial charge < -0.3 is 4.52 Å². The van der Waals surface area contributed by atoms with Crippen molar-refractivity contribution in [1.29, 1.82) is 0 Å². The summed E-state index contributed by atoms with van der Waals surface area (Å²) in [5.74, 6) is 0.616. The van der Waals surface area contributed by atoms with E-state index >= 15 is 4.39 Å². The van der Waals surface area contributed by atoms with Crippen LogP contribution in [0.4, 0.5) is 4.39 Å². The molecule has 1 unspecified atom stereocenters. The molecule has 2 aromatic heterocycles. The number of hydrogen-bond donors (Lipinski definition) is 0. The van der Waals surface area contributed by atoms with Crippen molar-refractivity contribution in [2.45, 2.75) is 38.9 Å². The molecule has 2 aromatic rings. The zero-order valence-electron chi connectivity index (χ0n) is 11.7. The molecule has 20 heavy (non-hydrogen) atoms. The minimum atomic E-state index is -1.51. The van der Waals surface area contributed by atoms with E-state index in [0.717, 1.165) is 19.5 Å². The number of likely N-dealkylation sites (tertiary alicyclic amines) is 1. The average molecular weight is 295 g/mol. The number of halogens is 1. The number of hydrogen-bond acceptors (Lipinski definition) is 5. The zero-order valence-corrected chi connectivity index (χ0v) is 12.5. The molecule has 1 aliphatic heterocycles. The molecule has 0 spiro atoms. The number of nitrogens with zero attached hydrogens (tertiary/aromatic N) is 3. The van der Waals surface area contributed by atoms with Crippen molar-refractivity contribution >= 4 is 11.3 Å². The van der Waals surface area contributed by atoms with E-state index < -0.39 is 5.67 Å². The first-order valence-electron chi connectivity index (χ1n) is 6.82. The Kier molecular flexibility index (Phi) is 3.60. The fourth-order valence-electron chi connectivity index (χ4n) is 2.67. The Labute approximate surface area is 121 Å². The van der Waals surface area contributed by atoms with Crippen LogP contribution in [-0.2, 0) is 12.2 Å². The maximum absolute atomic E-state index is 15.0. The van der Waals surface area contributed by atoms with Crippen molar-refractivity contribution < 1.29 is 8.91 Å². The highest BCUT2D eigenvalue weighted by Crippen LogP contribution is 2.35. The molecule has 1 aliphatic rings. The van der Waals surface area contributed by atoms with Gasteiger partial charge in [-0.15, -0.1) is 11.3 Å². The first-order valence-corrected chi connectivity index (χ1v) is 7.64. The molecule has 0 amide bonds. The molecule has 0 bridgehead atoms. The summed E-state index contributed by atoms with van der Waals surface area (Å²) in [7, 11) is 0. The first-order chi connectivity index (χ1) is 9.55. The van der Waals surface area contributed by atoms with E-state index in [1.165, 1.54) is 9.75 Å². The van der Waals surface area contributed by atoms with Crippen LogP contribution in [0.3, 0.4) is 0 Å². The second-order valence-electron chi connectivity index (χ2n) is 5.44. The molecule has 4 nitrogen and oxygen atoms in total. The molecule has 3 heterocycles. The zero-order chi connectivity index (χ0) is 14.2. The number of thiophene rings is 1. The highest BCUT2D eigenvalue weighted by atomic mass is 32.1. The lowest BCUT2D eigenvalue weighted by Gasteiger charge is -2.34. The molecule has 0 aromatic carbocycles. The SMILES string of the molecule is Cc1noc(C2(F)CCCN(Cc3ccc(C)s3)C2)n1. The van der Waals surface area contributed by atoms with Gasteiger partial charge in [0.05, 0.1) is 0 Å². The van der Waals surface area contributed by atoms with Gasteiger partial charge in [0, 0.05) is 22.8 Å². The summed E-state index contributed by atoms with van der Waals surface area (Å²) < 4.78 is 20.1. The van der Waals surface area contributed by atoms with Crippen molar-refractivity contribution in [3.63, 3.8) is 0 Å². The van der Waals surface area contributed by atoms with Gasteiger partial charge >= 0.3 is 0 Å². The summed E-state index contributed by atoms with van der Waals surface area (Å²) in [4.78, 5) is 8.77. The van der Waals surface area contributed by atoms with Gasteiger partial charge in [-0.05, 0) is 45.4 Å². The summed E-state index contributed by atoms with van der Waals surface area (Å²) in [6, 6.07) is 4.22. The van der Waals surface area contributed by atoms with Gasteiger partial charge in [-0.1, -0.05) is 5.16 Å². The van der Waals surface area contributed by atoms with Gasteiger partial charge in [0.1, 0.15) is 0 Å². The molecule has 3 rings (SSSR count). The van der Waals surface area contributed by atoms with Crippen LogP contribution in [0.5, 0.6) is 0 Å². The molecule has 1 fully saturated rings. The Bertz CT molecular complexity index is 597. The van der Waals surface area contributed by atoms with E-state index in [-0.39, 0.29) is 5.89 Å². The lowest BCUT2D eigenvalue weighted by Crippen LogP contribution is -2.43. The second kappa shape index (κ2) is 5.26. The minimum Gasteiger partial charge on any atom is -0.336 e. The van der Waals surface area contributed by atoms with Crippen LogP contribution in [0.2, 0.25) is 0 Å². The smallest absolute Gasteiger partial charge is 0.265 e. The van der Waals surface area contributed by atoms with Crippen LogP contribution in [0.25, 0.3) is 0 Å². The Balaban J connectivity index is 1.72. The maximum Gasteiger partial charge on any atom is 0.265 e. The Morgan fingerprint density at radius 1 is 1.45 bits per heavy atom. The normalized spacial score (nSPS) is 24.1. The van der Waals surface area contributed by atoms with Crippen molar-refractivity contribution in [1.82, 2.24) is 15.0 Å². The molecular formula is C14H18FN3OS. The Morgan fingerprint density at radius 3 is 2.95 bits per heavy atom. The van der Waals surface area contributed by atoms with Crippen LogP contribution in [-0.4, -0.2) is 28.1 Å². The van der Waals surface area contributed by atoms with Gasteiger partial charge in [0.2, 0.25) is 5.67 Å². The predicted octanol–water partition coefficient (Wildman–Crippen LogP) is 3.21. The van der Waals surface area contributed by atoms with Gasteiger partial charge in [-0.25, -0.2) is 4.39 Å². The van der Waals surface area contributed by atoms with E-state index in [1.54, 1.807) is 18.3 Å². The number of aromatic nitrogens is 2. The molecule has 0 aliphatic carbocycles. The topological polar surface area (TPSA) is 42.2 Å². The fraction of sp³-hybridized carbons (Fsp3) is 0.571. The summed E-state index contributed by atoms with van der Waals surface area (Å²) in [6.07, 6.45) is 1.26. The molecule has 0 N–H and O–H groups in total. The fourth-order valence-corrected chi connectivity index (χ4v) is 3.61. The van der Waals surface area contributed by atoms with E-state index in [0.29, 0.717) is 18.8 Å². The third kappa shape index (κ3) is 2.76. The van der Waals surface area contributed by atoms with Crippen LogP contribution in [0.15, 0.2) is 16.7 Å². The molecule has 1 atom stereocenters. The number of aryl methyl sites for hydroxylation is 2. The van der Waals surface area contributed by atoms with E-state index in [1.807, 2.05) is 0 Å². The number of alkyl halides is 1. The molecule has 108 valence electrons. The van der Waals surface area contributed by atoms with Gasteiger partial charge in [-0.3, -0.25) is 4.90 Å². The van der Waals surface area contributed by atoms with E-state index in [2.05, 4.69) is 34.1 Å². The summed E-state index contributed by atoms with van der Waals surface area (Å²) in [5, 5.41) is 3.71. The van der Waals surface area contributed by atoms with Crippen molar-refractivity contribution in [3.05, 3.63) is 33.6 Å². The van der Waals surface area contributed by atoms with Crippen LogP contribution in [0.1, 0.15) is 34.3 Å². The molecule has 6 heteroatoms. The molecular weight excluding hydrogens is 277 g/mol. The molecule has 0 saturated carbocycles. The lowest BCUT2D eigenvalue weighted by molar-refractivity contribution is 0.0128. The van der Waals surface area contributed by atoms with Gasteiger partial charge in [0.25, 0.3) is 5.89 Å². The number of piperidine rings is 1. The average Bonchev–Trinajstić information content (AvgIpc) is 2.99. The standard InChI is InChI=1S/C14H18FN3OS/c1-10-4-5-12(20-10)8-18-7-3-6-14(15,9-18)13-16-11(2)17-19-13/h4-5H,3,6-9H2,1-2H3. The Hall–Kier alpha value is -1.27. The Morgan fingerprint density at radius 2 is 2.30 bits per heavy atom. The van der Waals surface area contributed by atoms with E-state index in [4.69, 9.17) is 4.52 Å². The van der Waals surface area contributed by atoms with Crippen molar-refractivity contribution in [2.75, 3.05) is 13.1 Å². The van der Waals surface area contributed by atoms with Crippen LogP contribution in [0, 0.1) is 13.8 Å². The number of rotatable bonds is 3. The van der Waals surface area contributed by atoms with Crippen LogP contribution >= 0.6 is 11.3 Å². The first kappa shape index (κ1) is 13.7. The molecule has 1 saturated heterocycles. The summed E-state index contributed by atoms with van der Waals surface area (Å²) in [5.41, 5.74) is -1.51. The quantitative estimate of drug-likeness (QED) is 0.872. The second-order valence-corrected chi connectivity index (χ2v) is 6.81. The molecule has 0 radical (unpaired) electrons. The largest absolute Gasteiger partial charge is 0.336 e. The highest BCUT2D eigenvalue weighted by molar-refractivity contribution is 7.11. The third-order valence-electron chi connectivity index (χ3n) is 3.61. The van der Waals surface area contributed by atoms with Crippen molar-refractivity contribution in [3.8, 4) is 0 Å². The summed E-state index contributed by atoms with van der Waals surface area (Å²) in [6.45, 7) is 5.83. The third-order valence-corrected chi connectivity index (χ3v) is 4.59. The predicted molar refractivity (Wildman–Crippen MR) is 75.4 cm³/mol. The van der Waals surface area contributed by atoms with Crippen molar-refractivity contribution in [2.24, 2.45) is 0 Å². The summed E-state index contributed by atoms with van der Waals surface area (Å²) >= 11 is 1.77. The van der Waals surface area contributed by atoms with Crippen LogP contribution < -0.4 is 0 Å². The van der Waals surface area contributed by atoms with Gasteiger partial charge in [-0.2, -0.15) is 4.98 Å². The lowest BCUT2D eigenvalue weighted by atomic mass is 9.94. The maximum atomic E-state index is 15.0. The highest BCUT2D eigenvalue weighted by Gasteiger charge is 2.42. The minimum absolute atomic E-state index is 0.127. The van der Waals surface area contributed by atoms with E-state index in [9.17, 15) is 0 Å². The monoisotopic (exact) mass is 295 g/mol. The van der Waals surface area contributed by atoms with Gasteiger partial charge in [0.15, 0.2) is 5.82 Å².